The van der Waals surface area contributed by atoms with Crippen LogP contribution in [0.5, 0.6) is 0 Å². The molecular weight excluding hydrogens is 310 g/mol. The van der Waals surface area contributed by atoms with Gasteiger partial charge in [-0.25, -0.2) is 9.78 Å². The zero-order chi connectivity index (χ0) is 17.1. The molecule has 1 aliphatic heterocycles. The van der Waals surface area contributed by atoms with Gasteiger partial charge in [0.05, 0.1) is 10.6 Å². The molecule has 0 saturated carbocycles. The molecule has 0 radical (unpaired) electrons. The van der Waals surface area contributed by atoms with Crippen LogP contribution in [0.2, 0.25) is 0 Å². The van der Waals surface area contributed by atoms with Crippen molar-refractivity contribution in [1.82, 2.24) is 19.8 Å². The third-order valence-corrected chi connectivity index (χ3v) is 4.31. The van der Waals surface area contributed by atoms with Crippen molar-refractivity contribution in [2.24, 2.45) is 0 Å². The number of nitro groups is 1. The minimum Gasteiger partial charge on any atom is -0.324 e. The van der Waals surface area contributed by atoms with Crippen molar-refractivity contribution in [1.29, 1.82) is 0 Å². The summed E-state index contributed by atoms with van der Waals surface area (Å²) in [6.07, 6.45) is 4.91. The summed E-state index contributed by atoms with van der Waals surface area (Å²) in [5.41, 5.74) is 1.14. The SMILES string of the molecule is CN(C(=O)n1cnc(-c2cccc([N+](=O)[O-])c2)c1)C1CCNCC1. The fraction of sp³-hybridized carbons (Fsp3) is 0.375. The average Bonchev–Trinajstić information content (AvgIpc) is 3.11. The molecule has 0 bridgehead atoms. The number of benzene rings is 1. The minimum atomic E-state index is -0.448. The van der Waals surface area contributed by atoms with Crippen LogP contribution in [0, 0.1) is 10.1 Å². The Hall–Kier alpha value is -2.74. The van der Waals surface area contributed by atoms with Crippen LogP contribution in [-0.2, 0) is 0 Å². The van der Waals surface area contributed by atoms with Gasteiger partial charge in [-0.2, -0.15) is 0 Å². The normalized spacial score (nSPS) is 15.2. The molecule has 3 rings (SSSR count). The van der Waals surface area contributed by atoms with Gasteiger partial charge in [0.15, 0.2) is 0 Å². The molecule has 1 saturated heterocycles. The van der Waals surface area contributed by atoms with Crippen molar-refractivity contribution in [2.75, 3.05) is 20.1 Å². The first-order valence-corrected chi connectivity index (χ1v) is 7.83. The molecule has 1 N–H and O–H groups in total. The molecule has 8 heteroatoms. The molecule has 1 amide bonds. The van der Waals surface area contributed by atoms with E-state index in [1.165, 1.54) is 23.0 Å². The highest BCUT2D eigenvalue weighted by Gasteiger charge is 2.23. The summed E-state index contributed by atoms with van der Waals surface area (Å²) in [4.78, 5) is 29.0. The van der Waals surface area contributed by atoms with Gasteiger partial charge in [0.2, 0.25) is 0 Å². The van der Waals surface area contributed by atoms with Gasteiger partial charge in [-0.1, -0.05) is 12.1 Å². The highest BCUT2D eigenvalue weighted by atomic mass is 16.6. The average molecular weight is 329 g/mol. The lowest BCUT2D eigenvalue weighted by Crippen LogP contribution is -2.45. The lowest BCUT2D eigenvalue weighted by Gasteiger charge is -2.31. The fourth-order valence-electron chi connectivity index (χ4n) is 2.89. The Kier molecular flexibility index (Phi) is 4.57. The van der Waals surface area contributed by atoms with E-state index >= 15 is 0 Å². The van der Waals surface area contributed by atoms with Gasteiger partial charge in [-0.3, -0.25) is 14.7 Å². The van der Waals surface area contributed by atoms with Gasteiger partial charge in [0.25, 0.3) is 5.69 Å². The van der Waals surface area contributed by atoms with Crippen LogP contribution in [0.25, 0.3) is 11.3 Å². The Labute approximate surface area is 139 Å². The second kappa shape index (κ2) is 6.79. The molecule has 0 spiro atoms. The highest BCUT2D eigenvalue weighted by Crippen LogP contribution is 2.22. The van der Waals surface area contributed by atoms with Gasteiger partial charge in [-0.05, 0) is 25.9 Å². The fourth-order valence-corrected chi connectivity index (χ4v) is 2.89. The number of carbonyl (C=O) groups excluding carboxylic acids is 1. The summed E-state index contributed by atoms with van der Waals surface area (Å²) in [6.45, 7) is 1.82. The van der Waals surface area contributed by atoms with Crippen molar-refractivity contribution >= 4 is 11.7 Å². The number of aromatic nitrogens is 2. The molecule has 0 aliphatic carbocycles. The third kappa shape index (κ3) is 3.28. The van der Waals surface area contributed by atoms with Gasteiger partial charge < -0.3 is 10.2 Å². The van der Waals surface area contributed by atoms with Gasteiger partial charge in [0, 0.05) is 37.0 Å². The molecule has 24 heavy (non-hydrogen) atoms. The number of rotatable bonds is 3. The molecular formula is C16H19N5O3. The van der Waals surface area contributed by atoms with Crippen molar-refractivity contribution in [2.45, 2.75) is 18.9 Å². The largest absolute Gasteiger partial charge is 0.329 e. The first-order chi connectivity index (χ1) is 11.6. The van der Waals surface area contributed by atoms with E-state index in [0.717, 1.165) is 25.9 Å². The number of imidazole rings is 1. The summed E-state index contributed by atoms with van der Waals surface area (Å²) in [6, 6.07) is 6.29. The predicted octanol–water partition coefficient (Wildman–Crippen LogP) is 2.11. The van der Waals surface area contributed by atoms with E-state index < -0.39 is 4.92 Å². The quantitative estimate of drug-likeness (QED) is 0.687. The maximum atomic E-state index is 12.6. The molecule has 2 heterocycles. The molecule has 1 aromatic carbocycles. The minimum absolute atomic E-state index is 0.000185. The Morgan fingerprint density at radius 2 is 2.17 bits per heavy atom. The third-order valence-electron chi connectivity index (χ3n) is 4.31. The van der Waals surface area contributed by atoms with E-state index in [1.54, 1.807) is 30.3 Å². The van der Waals surface area contributed by atoms with E-state index in [0.29, 0.717) is 11.3 Å². The zero-order valence-corrected chi connectivity index (χ0v) is 13.4. The van der Waals surface area contributed by atoms with Crippen molar-refractivity contribution < 1.29 is 9.72 Å². The number of nitrogens with one attached hydrogen (secondary N) is 1. The van der Waals surface area contributed by atoms with Crippen molar-refractivity contribution in [3.8, 4) is 11.3 Å². The number of hydrogen-bond donors (Lipinski definition) is 1. The molecule has 126 valence electrons. The maximum Gasteiger partial charge on any atom is 0.329 e. The number of piperidine rings is 1. The van der Waals surface area contributed by atoms with E-state index in [9.17, 15) is 14.9 Å². The molecule has 2 aromatic rings. The topological polar surface area (TPSA) is 93.3 Å². The Bertz CT molecular complexity index is 752. The van der Waals surface area contributed by atoms with Crippen LogP contribution >= 0.6 is 0 Å². The smallest absolute Gasteiger partial charge is 0.324 e. The number of nitro benzene ring substituents is 1. The van der Waals surface area contributed by atoms with E-state index in [2.05, 4.69) is 10.3 Å². The molecule has 0 atom stereocenters. The molecule has 0 unspecified atom stereocenters. The van der Waals surface area contributed by atoms with E-state index in [1.807, 2.05) is 0 Å². The summed E-state index contributed by atoms with van der Waals surface area (Å²) in [7, 11) is 1.80. The standard InChI is InChI=1S/C16H19N5O3/c1-19(13-5-7-17-8-6-13)16(22)20-10-15(18-11-20)12-3-2-4-14(9-12)21(23)24/h2-4,9-11,13,17H,5-8H2,1H3. The van der Waals surface area contributed by atoms with Crippen LogP contribution < -0.4 is 5.32 Å². The van der Waals surface area contributed by atoms with Crippen LogP contribution in [-0.4, -0.2) is 51.6 Å². The zero-order valence-electron chi connectivity index (χ0n) is 13.4. The Morgan fingerprint density at radius 1 is 1.42 bits per heavy atom. The first kappa shape index (κ1) is 16.1. The lowest BCUT2D eigenvalue weighted by molar-refractivity contribution is -0.384. The van der Waals surface area contributed by atoms with Gasteiger partial charge in [-0.15, -0.1) is 0 Å². The molecule has 1 fully saturated rings. The second-order valence-corrected chi connectivity index (χ2v) is 5.85. The predicted molar refractivity (Wildman–Crippen MR) is 88.8 cm³/mol. The highest BCUT2D eigenvalue weighted by molar-refractivity contribution is 5.78. The monoisotopic (exact) mass is 329 g/mol. The van der Waals surface area contributed by atoms with Crippen molar-refractivity contribution in [3.05, 3.63) is 46.9 Å². The summed E-state index contributed by atoms with van der Waals surface area (Å²) < 4.78 is 1.43. The van der Waals surface area contributed by atoms with E-state index in [-0.39, 0.29) is 17.8 Å². The summed E-state index contributed by atoms with van der Waals surface area (Å²) >= 11 is 0. The maximum absolute atomic E-state index is 12.6. The summed E-state index contributed by atoms with van der Waals surface area (Å²) in [5, 5.41) is 14.2. The molecule has 8 nitrogen and oxygen atoms in total. The second-order valence-electron chi connectivity index (χ2n) is 5.85. The van der Waals surface area contributed by atoms with Crippen LogP contribution in [0.1, 0.15) is 12.8 Å². The van der Waals surface area contributed by atoms with Gasteiger partial charge in [0.1, 0.15) is 6.33 Å². The Morgan fingerprint density at radius 3 is 2.88 bits per heavy atom. The van der Waals surface area contributed by atoms with Crippen LogP contribution in [0.15, 0.2) is 36.8 Å². The number of hydrogen-bond acceptors (Lipinski definition) is 5. The van der Waals surface area contributed by atoms with E-state index in [4.69, 9.17) is 0 Å². The van der Waals surface area contributed by atoms with Gasteiger partial charge >= 0.3 is 6.03 Å². The number of non-ortho nitro benzene ring substituents is 1. The van der Waals surface area contributed by atoms with Crippen LogP contribution in [0.3, 0.4) is 0 Å². The van der Waals surface area contributed by atoms with Crippen molar-refractivity contribution in [3.63, 3.8) is 0 Å². The number of nitrogens with zero attached hydrogens (tertiary/aromatic N) is 4. The molecule has 1 aliphatic rings. The summed E-state index contributed by atoms with van der Waals surface area (Å²) in [5.74, 6) is 0. The lowest BCUT2D eigenvalue weighted by atomic mass is 10.1. The number of amides is 1. The number of carbonyl (C=O) groups is 1. The Balaban J connectivity index is 1.78. The first-order valence-electron chi connectivity index (χ1n) is 7.83. The van der Waals surface area contributed by atoms with Crippen LogP contribution in [0.4, 0.5) is 10.5 Å². The molecule has 1 aromatic heterocycles.